The zero-order valence-corrected chi connectivity index (χ0v) is 9.77. The Hall–Kier alpha value is -1.55. The molecule has 16 heavy (non-hydrogen) atoms. The molecule has 0 saturated heterocycles. The second kappa shape index (κ2) is 4.14. The Balaban J connectivity index is 2.64. The number of halogens is 1. The number of rotatable bonds is 2. The third-order valence-electron chi connectivity index (χ3n) is 2.19. The highest BCUT2D eigenvalue weighted by molar-refractivity contribution is 7.15. The molecule has 2 nitrogen and oxygen atoms in total. The molecule has 2 aromatic rings. The van der Waals surface area contributed by atoms with E-state index in [4.69, 9.17) is 0 Å². The van der Waals surface area contributed by atoms with Crippen molar-refractivity contribution in [2.45, 2.75) is 13.8 Å². The van der Waals surface area contributed by atoms with Crippen LogP contribution in [0.5, 0.6) is 0 Å². The van der Waals surface area contributed by atoms with Gasteiger partial charge in [0.05, 0.1) is 9.88 Å². The molecule has 0 spiro atoms. The van der Waals surface area contributed by atoms with Gasteiger partial charge in [-0.05, 0) is 13.0 Å². The van der Waals surface area contributed by atoms with Gasteiger partial charge in [0.2, 0.25) is 0 Å². The predicted molar refractivity (Wildman–Crippen MR) is 62.2 cm³/mol. The van der Waals surface area contributed by atoms with Gasteiger partial charge >= 0.3 is 0 Å². The molecule has 0 N–H and O–H groups in total. The lowest BCUT2D eigenvalue weighted by molar-refractivity contribution is 0.101. The summed E-state index contributed by atoms with van der Waals surface area (Å²) in [5.74, 6) is -0.462. The Kier molecular flexibility index (Phi) is 2.83. The van der Waals surface area contributed by atoms with E-state index in [0.29, 0.717) is 16.1 Å². The molecule has 0 bridgehead atoms. The average Bonchev–Trinajstić information content (AvgIpc) is 2.61. The molecular weight excluding hydrogens is 225 g/mol. The van der Waals surface area contributed by atoms with Crippen LogP contribution in [0.25, 0.3) is 10.4 Å². The lowest BCUT2D eigenvalue weighted by Crippen LogP contribution is -1.95. The van der Waals surface area contributed by atoms with Gasteiger partial charge in [-0.2, -0.15) is 0 Å². The van der Waals surface area contributed by atoms with E-state index in [1.807, 2.05) is 0 Å². The Labute approximate surface area is 96.8 Å². The van der Waals surface area contributed by atoms with Crippen molar-refractivity contribution in [3.63, 3.8) is 0 Å². The van der Waals surface area contributed by atoms with Gasteiger partial charge < -0.3 is 0 Å². The third-order valence-corrected chi connectivity index (χ3v) is 3.19. The van der Waals surface area contributed by atoms with Crippen LogP contribution in [0.15, 0.2) is 24.3 Å². The molecule has 1 heterocycles. The molecule has 0 atom stereocenters. The minimum Gasteiger partial charge on any atom is -0.293 e. The van der Waals surface area contributed by atoms with Gasteiger partial charge in [0.15, 0.2) is 5.78 Å². The van der Waals surface area contributed by atoms with Crippen molar-refractivity contribution in [3.8, 4) is 10.4 Å². The summed E-state index contributed by atoms with van der Waals surface area (Å²) in [7, 11) is 0. The Morgan fingerprint density at radius 2 is 2.06 bits per heavy atom. The summed E-state index contributed by atoms with van der Waals surface area (Å²) >= 11 is 1.34. The second-order valence-electron chi connectivity index (χ2n) is 3.45. The maximum Gasteiger partial charge on any atom is 0.179 e. The molecule has 0 radical (unpaired) electrons. The zero-order valence-electron chi connectivity index (χ0n) is 8.95. The Morgan fingerprint density at radius 1 is 1.38 bits per heavy atom. The maximum atomic E-state index is 13.6. The number of carbonyl (C=O) groups excluding carboxylic acids is 1. The van der Waals surface area contributed by atoms with Crippen molar-refractivity contribution in [2.75, 3.05) is 0 Å². The van der Waals surface area contributed by atoms with Crippen molar-refractivity contribution < 1.29 is 9.18 Å². The van der Waals surface area contributed by atoms with Gasteiger partial charge in [-0.3, -0.25) is 4.79 Å². The minimum absolute atomic E-state index is 0.136. The summed E-state index contributed by atoms with van der Waals surface area (Å²) in [4.78, 5) is 16.1. The number of hydrogen-bond donors (Lipinski definition) is 0. The van der Waals surface area contributed by atoms with Crippen LogP contribution >= 0.6 is 11.3 Å². The fourth-order valence-electron chi connectivity index (χ4n) is 1.49. The number of aryl methyl sites for hydroxylation is 1. The molecule has 0 aliphatic rings. The van der Waals surface area contributed by atoms with E-state index in [1.54, 1.807) is 25.1 Å². The van der Waals surface area contributed by atoms with Crippen LogP contribution in [-0.2, 0) is 0 Å². The normalized spacial score (nSPS) is 10.4. The highest BCUT2D eigenvalue weighted by atomic mass is 32.1. The molecule has 0 aliphatic carbocycles. The molecule has 1 aromatic heterocycles. The summed E-state index contributed by atoms with van der Waals surface area (Å²) in [5.41, 5.74) is 0.797. The molecule has 4 heteroatoms. The number of nitrogens with zero attached hydrogens (tertiary/aromatic N) is 1. The van der Waals surface area contributed by atoms with Crippen LogP contribution < -0.4 is 0 Å². The first-order valence-corrected chi connectivity index (χ1v) is 5.64. The first kappa shape index (κ1) is 11.0. The Morgan fingerprint density at radius 3 is 2.69 bits per heavy atom. The number of Topliss-reactive ketones (excluding diaryl/α,β-unsaturated/α-hetero) is 1. The summed E-state index contributed by atoms with van der Waals surface area (Å²) < 4.78 is 13.6. The minimum atomic E-state index is -0.325. The van der Waals surface area contributed by atoms with Crippen molar-refractivity contribution in [1.82, 2.24) is 4.98 Å². The lowest BCUT2D eigenvalue weighted by Gasteiger charge is -2.00. The molecule has 82 valence electrons. The van der Waals surface area contributed by atoms with Crippen LogP contribution in [0.2, 0.25) is 0 Å². The molecule has 0 aliphatic heterocycles. The van der Waals surface area contributed by atoms with Gasteiger partial charge in [-0.15, -0.1) is 11.3 Å². The van der Waals surface area contributed by atoms with Crippen LogP contribution in [0.4, 0.5) is 4.39 Å². The summed E-state index contributed by atoms with van der Waals surface area (Å²) in [5, 5.41) is 0.767. The molecule has 0 fully saturated rings. The number of aromatic nitrogens is 1. The van der Waals surface area contributed by atoms with E-state index in [2.05, 4.69) is 4.98 Å². The molecule has 0 amide bonds. The monoisotopic (exact) mass is 235 g/mol. The third kappa shape index (κ3) is 1.88. The second-order valence-corrected chi connectivity index (χ2v) is 4.65. The van der Waals surface area contributed by atoms with E-state index in [-0.39, 0.29) is 11.6 Å². The summed E-state index contributed by atoms with van der Waals surface area (Å²) in [6, 6.07) is 6.42. The van der Waals surface area contributed by atoms with Gasteiger partial charge in [0.25, 0.3) is 0 Å². The topological polar surface area (TPSA) is 30.0 Å². The highest BCUT2D eigenvalue weighted by Crippen LogP contribution is 2.32. The number of ketones is 1. The molecule has 2 rings (SSSR count). The lowest BCUT2D eigenvalue weighted by atomic mass is 10.1. The average molecular weight is 235 g/mol. The van der Waals surface area contributed by atoms with E-state index < -0.39 is 0 Å². The van der Waals surface area contributed by atoms with E-state index >= 15 is 0 Å². The Bertz CT molecular complexity index is 548. The number of benzene rings is 1. The zero-order chi connectivity index (χ0) is 11.7. The van der Waals surface area contributed by atoms with E-state index in [1.165, 1.54) is 24.3 Å². The van der Waals surface area contributed by atoms with E-state index in [9.17, 15) is 9.18 Å². The standard InChI is InChI=1S/C12H10FNOS/c1-7(15)11-12(16-8(2)14-11)9-5-3-4-6-10(9)13/h3-6H,1-2H3. The molecule has 1 aromatic carbocycles. The van der Waals surface area contributed by atoms with Crippen LogP contribution in [0.3, 0.4) is 0 Å². The fraction of sp³-hybridized carbons (Fsp3) is 0.167. The first-order chi connectivity index (χ1) is 7.59. The molecule has 0 saturated carbocycles. The number of hydrogen-bond acceptors (Lipinski definition) is 3. The van der Waals surface area contributed by atoms with Gasteiger partial charge in [-0.25, -0.2) is 9.37 Å². The van der Waals surface area contributed by atoms with Gasteiger partial charge in [0, 0.05) is 12.5 Å². The highest BCUT2D eigenvalue weighted by Gasteiger charge is 2.17. The number of thiazole rings is 1. The molecular formula is C12H10FNOS. The number of carbonyl (C=O) groups is 1. The van der Waals surface area contributed by atoms with Crippen molar-refractivity contribution >= 4 is 17.1 Å². The summed E-state index contributed by atoms with van der Waals surface area (Å²) in [6.45, 7) is 3.25. The van der Waals surface area contributed by atoms with Crippen molar-refractivity contribution in [1.29, 1.82) is 0 Å². The van der Waals surface area contributed by atoms with E-state index in [0.717, 1.165) is 5.01 Å². The SMILES string of the molecule is CC(=O)c1nc(C)sc1-c1ccccc1F. The first-order valence-electron chi connectivity index (χ1n) is 4.83. The maximum absolute atomic E-state index is 13.6. The van der Waals surface area contributed by atoms with Crippen molar-refractivity contribution in [2.24, 2.45) is 0 Å². The molecule has 0 unspecified atom stereocenters. The predicted octanol–water partition coefficient (Wildman–Crippen LogP) is 3.46. The largest absolute Gasteiger partial charge is 0.293 e. The van der Waals surface area contributed by atoms with Crippen LogP contribution in [-0.4, -0.2) is 10.8 Å². The quantitative estimate of drug-likeness (QED) is 0.746. The van der Waals surface area contributed by atoms with Gasteiger partial charge in [0.1, 0.15) is 11.5 Å². The van der Waals surface area contributed by atoms with Crippen molar-refractivity contribution in [3.05, 3.63) is 40.8 Å². The van der Waals surface area contributed by atoms with Gasteiger partial charge in [-0.1, -0.05) is 18.2 Å². The van der Waals surface area contributed by atoms with Crippen LogP contribution in [0.1, 0.15) is 22.4 Å². The van der Waals surface area contributed by atoms with Crippen LogP contribution in [0, 0.1) is 12.7 Å². The fourth-order valence-corrected chi connectivity index (χ4v) is 2.49. The summed E-state index contributed by atoms with van der Waals surface area (Å²) in [6.07, 6.45) is 0. The smallest absolute Gasteiger partial charge is 0.179 e.